The molecule has 4 rings (SSSR count). The van der Waals surface area contributed by atoms with E-state index in [2.05, 4.69) is 46.6 Å². The van der Waals surface area contributed by atoms with E-state index in [-0.39, 0.29) is 5.91 Å². The first-order valence-corrected chi connectivity index (χ1v) is 9.83. The summed E-state index contributed by atoms with van der Waals surface area (Å²) in [6, 6.07) is 19.9. The van der Waals surface area contributed by atoms with Gasteiger partial charge in [-0.25, -0.2) is 9.67 Å². The fourth-order valence-electron chi connectivity index (χ4n) is 2.97. The van der Waals surface area contributed by atoms with Crippen molar-refractivity contribution in [2.24, 2.45) is 0 Å². The van der Waals surface area contributed by atoms with Crippen LogP contribution in [0.3, 0.4) is 0 Å². The average molecular weight is 388 g/mol. The lowest BCUT2D eigenvalue weighted by Crippen LogP contribution is -2.17. The second-order valence-corrected chi connectivity index (χ2v) is 7.79. The Morgan fingerprint density at radius 3 is 2.54 bits per heavy atom. The van der Waals surface area contributed by atoms with E-state index >= 15 is 0 Å². The Morgan fingerprint density at radius 1 is 1.04 bits per heavy atom. The number of hydrogen-bond acceptors (Lipinski definition) is 4. The minimum atomic E-state index is -0.228. The maximum absolute atomic E-state index is 13.0. The van der Waals surface area contributed by atoms with Crippen molar-refractivity contribution in [2.45, 2.75) is 20.4 Å². The summed E-state index contributed by atoms with van der Waals surface area (Å²) in [4.78, 5) is 18.3. The Labute approximate surface area is 167 Å². The number of rotatable bonds is 5. The van der Waals surface area contributed by atoms with Crippen molar-refractivity contribution in [2.75, 3.05) is 5.32 Å². The number of carbonyl (C=O) groups excluding carboxylic acids is 1. The number of thiazole rings is 1. The van der Waals surface area contributed by atoms with Crippen LogP contribution in [-0.4, -0.2) is 20.7 Å². The standard InChI is InChI=1S/C22H20N4OS/c1-15-8-10-17(11-9-15)14-26-19(12-13-23-26)25-22(27)20-21(28-16(2)24-20)18-6-4-3-5-7-18/h3-13H,14H2,1-2H3,(H,25,27). The molecule has 6 heteroatoms. The molecule has 0 aliphatic carbocycles. The van der Waals surface area contributed by atoms with Crippen molar-refractivity contribution < 1.29 is 4.79 Å². The summed E-state index contributed by atoms with van der Waals surface area (Å²) in [7, 11) is 0. The Hall–Kier alpha value is -3.25. The number of nitrogens with zero attached hydrogens (tertiary/aromatic N) is 3. The van der Waals surface area contributed by atoms with E-state index < -0.39 is 0 Å². The topological polar surface area (TPSA) is 59.8 Å². The molecule has 2 aromatic heterocycles. The van der Waals surface area contributed by atoms with Gasteiger partial charge in [-0.05, 0) is 25.0 Å². The molecule has 0 aliphatic rings. The smallest absolute Gasteiger partial charge is 0.276 e. The third kappa shape index (κ3) is 3.87. The van der Waals surface area contributed by atoms with Crippen LogP contribution in [-0.2, 0) is 6.54 Å². The maximum Gasteiger partial charge on any atom is 0.276 e. The Bertz CT molecular complexity index is 1100. The molecule has 28 heavy (non-hydrogen) atoms. The zero-order chi connectivity index (χ0) is 19.5. The highest BCUT2D eigenvalue weighted by atomic mass is 32.1. The molecule has 5 nitrogen and oxygen atoms in total. The number of amides is 1. The first-order chi connectivity index (χ1) is 13.6. The van der Waals surface area contributed by atoms with E-state index in [4.69, 9.17) is 0 Å². The molecule has 0 saturated carbocycles. The van der Waals surface area contributed by atoms with Crippen LogP contribution in [0.5, 0.6) is 0 Å². The monoisotopic (exact) mass is 388 g/mol. The van der Waals surface area contributed by atoms with Crippen molar-refractivity contribution in [3.8, 4) is 10.4 Å². The fourth-order valence-corrected chi connectivity index (χ4v) is 3.89. The number of benzene rings is 2. The normalized spacial score (nSPS) is 10.8. The molecular weight excluding hydrogens is 368 g/mol. The highest BCUT2D eigenvalue weighted by Gasteiger charge is 2.19. The quantitative estimate of drug-likeness (QED) is 0.528. The van der Waals surface area contributed by atoms with E-state index in [1.165, 1.54) is 16.9 Å². The molecule has 0 aliphatic heterocycles. The number of anilines is 1. The Morgan fingerprint density at radius 2 is 1.79 bits per heavy atom. The van der Waals surface area contributed by atoms with E-state index in [9.17, 15) is 4.79 Å². The molecule has 1 N–H and O–H groups in total. The largest absolute Gasteiger partial charge is 0.305 e. The van der Waals surface area contributed by atoms with Crippen LogP contribution in [0, 0.1) is 13.8 Å². The second kappa shape index (κ2) is 7.78. The molecule has 2 heterocycles. The summed E-state index contributed by atoms with van der Waals surface area (Å²) in [6.45, 7) is 4.56. The third-order valence-corrected chi connectivity index (χ3v) is 5.42. The van der Waals surface area contributed by atoms with E-state index in [0.29, 0.717) is 18.1 Å². The number of carbonyl (C=O) groups is 1. The summed E-state index contributed by atoms with van der Waals surface area (Å²) in [6.07, 6.45) is 1.69. The Kier molecular flexibility index (Phi) is 5.04. The average Bonchev–Trinajstić information content (AvgIpc) is 3.31. The van der Waals surface area contributed by atoms with Crippen LogP contribution in [0.1, 0.15) is 26.6 Å². The lowest BCUT2D eigenvalue weighted by atomic mass is 10.1. The van der Waals surface area contributed by atoms with Gasteiger partial charge in [0.05, 0.1) is 22.6 Å². The zero-order valence-corrected chi connectivity index (χ0v) is 16.5. The van der Waals surface area contributed by atoms with Gasteiger partial charge in [-0.2, -0.15) is 5.10 Å². The highest BCUT2D eigenvalue weighted by molar-refractivity contribution is 7.15. The molecule has 4 aromatic rings. The van der Waals surface area contributed by atoms with Crippen LogP contribution in [0.2, 0.25) is 0 Å². The number of hydrogen-bond donors (Lipinski definition) is 1. The predicted octanol–water partition coefficient (Wildman–Crippen LogP) is 4.92. The van der Waals surface area contributed by atoms with Gasteiger partial charge in [-0.1, -0.05) is 60.2 Å². The SMILES string of the molecule is Cc1ccc(Cn2nccc2NC(=O)c2nc(C)sc2-c2ccccc2)cc1. The van der Waals surface area contributed by atoms with Crippen LogP contribution in [0.25, 0.3) is 10.4 Å². The number of aryl methyl sites for hydroxylation is 2. The van der Waals surface area contributed by atoms with Crippen molar-refractivity contribution >= 4 is 23.1 Å². The summed E-state index contributed by atoms with van der Waals surface area (Å²) < 4.78 is 1.78. The van der Waals surface area contributed by atoms with Crippen molar-refractivity contribution in [3.63, 3.8) is 0 Å². The third-order valence-electron chi connectivity index (χ3n) is 4.40. The van der Waals surface area contributed by atoms with Gasteiger partial charge in [0.2, 0.25) is 0 Å². The molecule has 0 saturated heterocycles. The fraction of sp³-hybridized carbons (Fsp3) is 0.136. The van der Waals surface area contributed by atoms with E-state index in [1.807, 2.05) is 37.3 Å². The first-order valence-electron chi connectivity index (χ1n) is 9.02. The highest BCUT2D eigenvalue weighted by Crippen LogP contribution is 2.30. The van der Waals surface area contributed by atoms with Crippen LogP contribution >= 0.6 is 11.3 Å². The molecule has 0 atom stereocenters. The van der Waals surface area contributed by atoms with Gasteiger partial charge in [-0.15, -0.1) is 11.3 Å². The molecule has 0 bridgehead atoms. The van der Waals surface area contributed by atoms with Gasteiger partial charge in [0, 0.05) is 6.07 Å². The lowest BCUT2D eigenvalue weighted by Gasteiger charge is -2.09. The van der Waals surface area contributed by atoms with Gasteiger partial charge < -0.3 is 5.32 Å². The van der Waals surface area contributed by atoms with Crippen molar-refractivity contribution in [1.29, 1.82) is 0 Å². The van der Waals surface area contributed by atoms with E-state index in [1.54, 1.807) is 16.9 Å². The molecule has 2 aromatic carbocycles. The molecular formula is C22H20N4OS. The minimum absolute atomic E-state index is 0.228. The molecule has 0 unspecified atom stereocenters. The Balaban J connectivity index is 1.57. The van der Waals surface area contributed by atoms with Gasteiger partial charge >= 0.3 is 0 Å². The predicted molar refractivity (Wildman–Crippen MR) is 113 cm³/mol. The molecule has 140 valence electrons. The summed E-state index contributed by atoms with van der Waals surface area (Å²) >= 11 is 1.52. The maximum atomic E-state index is 13.0. The van der Waals surface area contributed by atoms with Crippen LogP contribution < -0.4 is 5.32 Å². The van der Waals surface area contributed by atoms with Crippen molar-refractivity contribution in [3.05, 3.63) is 88.7 Å². The van der Waals surface area contributed by atoms with E-state index in [0.717, 1.165) is 21.0 Å². The number of nitrogens with one attached hydrogen (secondary N) is 1. The summed E-state index contributed by atoms with van der Waals surface area (Å²) in [5.41, 5.74) is 3.77. The number of aromatic nitrogens is 3. The molecule has 1 amide bonds. The minimum Gasteiger partial charge on any atom is -0.305 e. The van der Waals surface area contributed by atoms with Gasteiger partial charge in [0.1, 0.15) is 11.5 Å². The van der Waals surface area contributed by atoms with Gasteiger partial charge in [0.25, 0.3) is 5.91 Å². The zero-order valence-electron chi connectivity index (χ0n) is 15.7. The molecule has 0 spiro atoms. The molecule has 0 radical (unpaired) electrons. The summed E-state index contributed by atoms with van der Waals surface area (Å²) in [5.74, 6) is 0.420. The van der Waals surface area contributed by atoms with Crippen LogP contribution in [0.4, 0.5) is 5.82 Å². The first kappa shape index (κ1) is 18.1. The molecule has 0 fully saturated rings. The van der Waals surface area contributed by atoms with Gasteiger partial charge in [-0.3, -0.25) is 4.79 Å². The van der Waals surface area contributed by atoms with Gasteiger partial charge in [0.15, 0.2) is 0 Å². The van der Waals surface area contributed by atoms with Crippen LogP contribution in [0.15, 0.2) is 66.9 Å². The lowest BCUT2D eigenvalue weighted by molar-refractivity contribution is 0.102. The summed E-state index contributed by atoms with van der Waals surface area (Å²) in [5, 5.41) is 8.18. The van der Waals surface area contributed by atoms with Crippen molar-refractivity contribution in [1.82, 2.24) is 14.8 Å². The second-order valence-electron chi connectivity index (χ2n) is 6.59.